The van der Waals surface area contributed by atoms with E-state index in [4.69, 9.17) is 11.6 Å². The molecular formula is C42H68ClN5O5S. The number of H-pyrrole nitrogens is 1. The predicted octanol–water partition coefficient (Wildman–Crippen LogP) is 5.93. The van der Waals surface area contributed by atoms with Crippen molar-refractivity contribution in [1.82, 2.24) is 24.8 Å². The highest BCUT2D eigenvalue weighted by atomic mass is 35.5. The van der Waals surface area contributed by atoms with Gasteiger partial charge in [0, 0.05) is 76.1 Å². The molecule has 3 amide bonds. The number of amides is 3. The van der Waals surface area contributed by atoms with Gasteiger partial charge in [0.2, 0.25) is 23.3 Å². The van der Waals surface area contributed by atoms with E-state index < -0.39 is 9.71 Å². The maximum Gasteiger partial charge on any atom is 0.248 e. The molecule has 2 heterocycles. The second-order valence-electron chi connectivity index (χ2n) is 12.8. The minimum Gasteiger partial charge on any atom is -0.354 e. The Bertz CT molecular complexity index is 1760. The van der Waals surface area contributed by atoms with Crippen molar-refractivity contribution in [2.24, 2.45) is 5.92 Å². The first-order valence-electron chi connectivity index (χ1n) is 19.4. The van der Waals surface area contributed by atoms with Crippen molar-refractivity contribution in [3.8, 4) is 0 Å². The number of hydrogen-bond acceptors (Lipinski definition) is 5. The minimum absolute atomic E-state index is 0.0118. The fraction of sp³-hybridized carbons (Fsp3) is 0.548. The Kier molecular flexibility index (Phi) is 25.2. The number of likely N-dealkylation sites (tertiary alicyclic amines) is 1. The average Bonchev–Trinajstić information content (AvgIpc) is 3.40. The highest BCUT2D eigenvalue weighted by Gasteiger charge is 2.29. The van der Waals surface area contributed by atoms with Gasteiger partial charge in [0.25, 0.3) is 0 Å². The number of pyridine rings is 1. The van der Waals surface area contributed by atoms with Crippen LogP contribution >= 0.6 is 11.6 Å². The zero-order valence-corrected chi connectivity index (χ0v) is 36.3. The first-order valence-corrected chi connectivity index (χ1v) is 21.5. The standard InChI is InChI=1S/C28H43ClN4O4S.C10H13NO.2C2H6/c1-7-12-33(21(3)18-30-23(5)34)28(36)19-32-13-8-9-26(17-27(32)35)31-38(6,37)22(4)15-24-14-20(2)10-11-25(29)16-24;1-3-5-8-6-7-10(12)11-9(8)4-2;2*1-2/h10-11,14-16,20-21,26H,6-9,12-13,17-19H2,1-5H3,(H,30,34)(H,31,37);4-7H,3H2,1-2H3,(H,11,12);2*1-2H3/b22-15+;8-5-,9-4+;;/t20?,21?,26-,38?;;;/m0.../s1. The number of halogens is 1. The number of nitrogens with zero attached hydrogens (tertiary/aromatic N) is 2. The van der Waals surface area contributed by atoms with Crippen LogP contribution < -0.4 is 26.2 Å². The highest BCUT2D eigenvalue weighted by Crippen LogP contribution is 2.22. The molecule has 12 heteroatoms. The van der Waals surface area contributed by atoms with E-state index in [9.17, 15) is 23.4 Å². The largest absolute Gasteiger partial charge is 0.354 e. The number of carbonyl (C=O) groups is 3. The van der Waals surface area contributed by atoms with Crippen LogP contribution in [0.2, 0.25) is 0 Å². The molecular weight excluding hydrogens is 722 g/mol. The molecule has 3 N–H and O–H groups in total. The fourth-order valence-electron chi connectivity index (χ4n) is 5.63. The van der Waals surface area contributed by atoms with Crippen molar-refractivity contribution in [2.45, 2.75) is 120 Å². The van der Waals surface area contributed by atoms with Gasteiger partial charge in [0.05, 0.1) is 6.54 Å². The van der Waals surface area contributed by atoms with Crippen LogP contribution in [0.15, 0.2) is 62.8 Å². The van der Waals surface area contributed by atoms with Crippen LogP contribution in [0.25, 0.3) is 12.2 Å². The van der Waals surface area contributed by atoms with Crippen LogP contribution in [0.3, 0.4) is 0 Å². The number of nitrogens with one attached hydrogen (secondary N) is 3. The SMILES string of the molecule is C/C=c1/[nH]c(=O)cc/c1=C/CC.C=S(=O)(N[C@H]1CCCN(CC(=O)N(CCC)C(C)CNC(C)=O)C(=O)C1)/C(C)=C/C1=CC(C)C=CC(Cl)=C1.CC.CC. The molecule has 1 aromatic rings. The van der Waals surface area contributed by atoms with Gasteiger partial charge in [0.15, 0.2) is 0 Å². The van der Waals surface area contributed by atoms with Gasteiger partial charge in [-0.1, -0.05) is 84.4 Å². The third-order valence-corrected chi connectivity index (χ3v) is 10.4. The Balaban J connectivity index is 0.00000146. The molecule has 304 valence electrons. The first kappa shape index (κ1) is 50.3. The second kappa shape index (κ2) is 27.0. The third kappa shape index (κ3) is 18.6. The van der Waals surface area contributed by atoms with Gasteiger partial charge in [-0.25, -0.2) is 8.93 Å². The van der Waals surface area contributed by atoms with Gasteiger partial charge in [-0.15, -0.1) is 0 Å². The first-order chi connectivity index (χ1) is 25.6. The Morgan fingerprint density at radius 3 is 2.43 bits per heavy atom. The number of hydrogen-bond donors (Lipinski definition) is 3. The lowest BCUT2D eigenvalue weighted by Gasteiger charge is -2.31. The summed E-state index contributed by atoms with van der Waals surface area (Å²) in [5.74, 6) is 3.68. The molecule has 0 bridgehead atoms. The van der Waals surface area contributed by atoms with Crippen LogP contribution in [-0.2, 0) is 24.1 Å². The normalized spacial score (nSPS) is 19.4. The van der Waals surface area contributed by atoms with Crippen LogP contribution in [0.5, 0.6) is 0 Å². The zero-order chi connectivity index (χ0) is 41.4. The molecule has 3 unspecified atom stereocenters. The smallest absolute Gasteiger partial charge is 0.248 e. The third-order valence-electron chi connectivity index (χ3n) is 8.31. The maximum atomic E-state index is 13.5. The zero-order valence-electron chi connectivity index (χ0n) is 34.7. The molecule has 0 radical (unpaired) electrons. The molecule has 2 aliphatic rings. The number of rotatable bonds is 12. The van der Waals surface area contributed by atoms with Gasteiger partial charge in [-0.2, -0.15) is 0 Å². The van der Waals surface area contributed by atoms with E-state index in [1.165, 1.54) is 6.92 Å². The molecule has 1 aliphatic carbocycles. The molecule has 54 heavy (non-hydrogen) atoms. The number of carbonyl (C=O) groups excluding carboxylic acids is 3. The van der Waals surface area contributed by atoms with Gasteiger partial charge >= 0.3 is 0 Å². The molecule has 0 aromatic carbocycles. The van der Waals surface area contributed by atoms with Crippen LogP contribution in [-0.4, -0.2) is 80.8 Å². The fourth-order valence-corrected chi connectivity index (χ4v) is 7.08. The van der Waals surface area contributed by atoms with Crippen molar-refractivity contribution in [2.75, 3.05) is 26.2 Å². The van der Waals surface area contributed by atoms with Crippen LogP contribution in [0, 0.1) is 5.92 Å². The lowest BCUT2D eigenvalue weighted by molar-refractivity contribution is -0.141. The summed E-state index contributed by atoms with van der Waals surface area (Å²) in [6, 6.07) is 2.90. The maximum absolute atomic E-state index is 13.5. The summed E-state index contributed by atoms with van der Waals surface area (Å²) in [5.41, 5.74) is 0.811. The number of aromatic nitrogens is 1. The summed E-state index contributed by atoms with van der Waals surface area (Å²) in [5, 5.41) is 5.36. The van der Waals surface area contributed by atoms with Crippen molar-refractivity contribution >= 4 is 57.1 Å². The Labute approximate surface area is 330 Å². The number of allylic oxidation sites excluding steroid dienone is 8. The second-order valence-corrected chi connectivity index (χ2v) is 15.5. The molecule has 1 aliphatic heterocycles. The van der Waals surface area contributed by atoms with Gasteiger partial charge < -0.3 is 20.1 Å². The van der Waals surface area contributed by atoms with E-state index in [-0.39, 0.29) is 54.2 Å². The lowest BCUT2D eigenvalue weighted by Crippen LogP contribution is -2.50. The quantitative estimate of drug-likeness (QED) is 0.226. The molecule has 1 aromatic heterocycles. The monoisotopic (exact) mass is 789 g/mol. The molecule has 1 fully saturated rings. The van der Waals surface area contributed by atoms with E-state index in [1.807, 2.05) is 97.9 Å². The average molecular weight is 791 g/mol. The molecule has 0 spiro atoms. The Morgan fingerprint density at radius 2 is 1.83 bits per heavy atom. The molecule has 4 atom stereocenters. The van der Waals surface area contributed by atoms with E-state index in [0.717, 1.165) is 29.0 Å². The van der Waals surface area contributed by atoms with Crippen molar-refractivity contribution in [3.63, 3.8) is 0 Å². The predicted molar refractivity (Wildman–Crippen MR) is 231 cm³/mol. The summed E-state index contributed by atoms with van der Waals surface area (Å²) < 4.78 is 16.6. The van der Waals surface area contributed by atoms with Gasteiger partial charge in [-0.3, -0.25) is 19.2 Å². The highest BCUT2D eigenvalue weighted by molar-refractivity contribution is 8.02. The van der Waals surface area contributed by atoms with Crippen molar-refractivity contribution in [3.05, 3.63) is 78.9 Å². The van der Waals surface area contributed by atoms with Crippen LogP contribution in [0.1, 0.15) is 108 Å². The van der Waals surface area contributed by atoms with Crippen molar-refractivity contribution in [1.29, 1.82) is 0 Å². The Morgan fingerprint density at radius 1 is 1.17 bits per heavy atom. The van der Waals surface area contributed by atoms with E-state index >= 15 is 0 Å². The van der Waals surface area contributed by atoms with Gasteiger partial charge in [0.1, 0.15) is 0 Å². The summed E-state index contributed by atoms with van der Waals surface area (Å²) >= 11 is 6.22. The van der Waals surface area contributed by atoms with Crippen LogP contribution in [0.4, 0.5) is 0 Å². The lowest BCUT2D eigenvalue weighted by atomic mass is 10.1. The number of aromatic amines is 1. The molecule has 0 saturated carbocycles. The summed E-state index contributed by atoms with van der Waals surface area (Å²) in [4.78, 5) is 55.1. The molecule has 10 nitrogen and oxygen atoms in total. The van der Waals surface area contributed by atoms with Gasteiger partial charge in [-0.05, 0) is 93.3 Å². The van der Waals surface area contributed by atoms with E-state index in [1.54, 1.807) is 22.8 Å². The summed E-state index contributed by atoms with van der Waals surface area (Å²) in [6.45, 7) is 22.5. The minimum atomic E-state index is -2.83. The van der Waals surface area contributed by atoms with Crippen molar-refractivity contribution < 1.29 is 18.6 Å². The molecule has 1 saturated heterocycles. The molecule has 3 rings (SSSR count). The van der Waals surface area contributed by atoms with E-state index in [2.05, 4.69) is 33.9 Å². The van der Waals surface area contributed by atoms with E-state index in [0.29, 0.717) is 42.4 Å². The topological polar surface area (TPSA) is 132 Å². The Hall–Kier alpha value is -3.67. The summed E-state index contributed by atoms with van der Waals surface area (Å²) in [6.07, 6.45) is 16.7. The summed E-state index contributed by atoms with van der Waals surface area (Å²) in [7, 11) is -2.83.